The van der Waals surface area contributed by atoms with Crippen molar-refractivity contribution in [3.63, 3.8) is 0 Å². The fourth-order valence-corrected chi connectivity index (χ4v) is 1.99. The number of piperazine rings is 1. The average Bonchev–Trinajstić information content (AvgIpc) is 2.42. The van der Waals surface area contributed by atoms with E-state index in [-0.39, 0.29) is 36.2 Å². The summed E-state index contributed by atoms with van der Waals surface area (Å²) in [5, 5.41) is 9.12. The van der Waals surface area contributed by atoms with Crippen LogP contribution in [-0.4, -0.2) is 55.0 Å². The Balaban J connectivity index is 2.38. The molecule has 0 aliphatic carbocycles. The van der Waals surface area contributed by atoms with E-state index in [9.17, 15) is 14.4 Å². The van der Waals surface area contributed by atoms with Crippen LogP contribution >= 0.6 is 0 Å². The predicted molar refractivity (Wildman–Crippen MR) is 69.9 cm³/mol. The van der Waals surface area contributed by atoms with Gasteiger partial charge in [-0.05, 0) is 18.2 Å². The Hall–Kier alpha value is -2.57. The molecule has 0 radical (unpaired) electrons. The van der Waals surface area contributed by atoms with Crippen molar-refractivity contribution in [1.82, 2.24) is 4.90 Å². The van der Waals surface area contributed by atoms with Crippen molar-refractivity contribution in [1.29, 1.82) is 0 Å². The summed E-state index contributed by atoms with van der Waals surface area (Å²) >= 11 is 0. The highest BCUT2D eigenvalue weighted by Gasteiger charge is 2.29. The Labute approximate surface area is 115 Å². The quantitative estimate of drug-likeness (QED) is 0.853. The molecule has 7 heteroatoms. The third-order valence-corrected chi connectivity index (χ3v) is 3.12. The van der Waals surface area contributed by atoms with E-state index in [0.29, 0.717) is 5.69 Å². The average molecular weight is 278 g/mol. The molecule has 0 saturated carbocycles. The van der Waals surface area contributed by atoms with Crippen LogP contribution in [0.4, 0.5) is 5.69 Å². The van der Waals surface area contributed by atoms with Crippen molar-refractivity contribution in [3.8, 4) is 5.75 Å². The van der Waals surface area contributed by atoms with E-state index in [1.165, 1.54) is 29.0 Å². The first-order valence-electron chi connectivity index (χ1n) is 5.89. The SMILES string of the molecule is COc1ccc(N2CC(=O)N(C)CC2=O)cc1C(=O)O. The normalized spacial score (nSPS) is 15.5. The lowest BCUT2D eigenvalue weighted by atomic mass is 10.1. The monoisotopic (exact) mass is 278 g/mol. The van der Waals surface area contributed by atoms with Crippen molar-refractivity contribution in [2.45, 2.75) is 0 Å². The van der Waals surface area contributed by atoms with Crippen LogP contribution in [0.1, 0.15) is 10.4 Å². The number of carbonyl (C=O) groups is 3. The molecule has 0 spiro atoms. The first-order chi connectivity index (χ1) is 9.43. The number of likely N-dealkylation sites (N-methyl/N-ethyl adjacent to an activating group) is 1. The fourth-order valence-electron chi connectivity index (χ4n) is 1.99. The number of hydrogen-bond donors (Lipinski definition) is 1. The second-order valence-corrected chi connectivity index (χ2v) is 4.42. The van der Waals surface area contributed by atoms with Gasteiger partial charge in [0.05, 0.1) is 13.7 Å². The summed E-state index contributed by atoms with van der Waals surface area (Å²) in [7, 11) is 2.92. The van der Waals surface area contributed by atoms with Crippen LogP contribution in [0, 0.1) is 0 Å². The number of carboxylic acid groups (broad SMARTS) is 1. The maximum atomic E-state index is 11.9. The summed E-state index contributed by atoms with van der Waals surface area (Å²) in [6, 6.07) is 4.36. The molecule has 1 aliphatic heterocycles. The Morgan fingerprint density at radius 3 is 2.55 bits per heavy atom. The number of rotatable bonds is 3. The van der Waals surface area contributed by atoms with E-state index in [1.807, 2.05) is 0 Å². The molecule has 0 aromatic heterocycles. The highest BCUT2D eigenvalue weighted by atomic mass is 16.5. The van der Waals surface area contributed by atoms with Gasteiger partial charge in [0.2, 0.25) is 11.8 Å². The molecule has 7 nitrogen and oxygen atoms in total. The van der Waals surface area contributed by atoms with Gasteiger partial charge in [-0.15, -0.1) is 0 Å². The van der Waals surface area contributed by atoms with Gasteiger partial charge in [0.15, 0.2) is 0 Å². The smallest absolute Gasteiger partial charge is 0.339 e. The molecule has 0 unspecified atom stereocenters. The zero-order chi connectivity index (χ0) is 14.9. The number of carboxylic acids is 1. The summed E-state index contributed by atoms with van der Waals surface area (Å²) in [5.41, 5.74) is 0.318. The van der Waals surface area contributed by atoms with Gasteiger partial charge >= 0.3 is 5.97 Å². The zero-order valence-corrected chi connectivity index (χ0v) is 11.1. The highest BCUT2D eigenvalue weighted by Crippen LogP contribution is 2.26. The van der Waals surface area contributed by atoms with Gasteiger partial charge in [-0.25, -0.2) is 4.79 Å². The maximum absolute atomic E-state index is 11.9. The molecule has 0 bridgehead atoms. The minimum Gasteiger partial charge on any atom is -0.496 e. The number of ether oxygens (including phenoxy) is 1. The van der Waals surface area contributed by atoms with Gasteiger partial charge in [0.25, 0.3) is 0 Å². The van der Waals surface area contributed by atoms with Crippen LogP contribution in [-0.2, 0) is 9.59 Å². The molecular weight excluding hydrogens is 264 g/mol. The molecule has 1 heterocycles. The lowest BCUT2D eigenvalue weighted by Crippen LogP contribution is -2.52. The molecule has 1 aliphatic rings. The Bertz CT molecular complexity index is 584. The topological polar surface area (TPSA) is 87.2 Å². The number of anilines is 1. The molecule has 1 saturated heterocycles. The van der Waals surface area contributed by atoms with Crippen LogP contribution in [0.5, 0.6) is 5.75 Å². The van der Waals surface area contributed by atoms with Crippen LogP contribution < -0.4 is 9.64 Å². The van der Waals surface area contributed by atoms with Crippen LogP contribution in [0.15, 0.2) is 18.2 Å². The number of nitrogens with zero attached hydrogens (tertiary/aromatic N) is 2. The van der Waals surface area contributed by atoms with E-state index in [0.717, 1.165) is 0 Å². The summed E-state index contributed by atoms with van der Waals surface area (Å²) < 4.78 is 4.95. The van der Waals surface area contributed by atoms with Gasteiger partial charge in [-0.3, -0.25) is 9.59 Å². The van der Waals surface area contributed by atoms with Gasteiger partial charge < -0.3 is 19.6 Å². The lowest BCUT2D eigenvalue weighted by Gasteiger charge is -2.31. The number of benzene rings is 1. The molecule has 2 amide bonds. The van der Waals surface area contributed by atoms with Crippen molar-refractivity contribution in [2.24, 2.45) is 0 Å². The van der Waals surface area contributed by atoms with E-state index in [1.54, 1.807) is 13.1 Å². The Morgan fingerprint density at radius 1 is 1.25 bits per heavy atom. The van der Waals surface area contributed by atoms with Crippen molar-refractivity contribution in [3.05, 3.63) is 23.8 Å². The molecule has 106 valence electrons. The summed E-state index contributed by atoms with van der Waals surface area (Å²) in [5.74, 6) is -1.41. The van der Waals surface area contributed by atoms with E-state index >= 15 is 0 Å². The molecule has 1 fully saturated rings. The predicted octanol–water partition coefficient (Wildman–Crippen LogP) is 0.198. The van der Waals surface area contributed by atoms with Crippen molar-refractivity contribution >= 4 is 23.5 Å². The van der Waals surface area contributed by atoms with Gasteiger partial charge in [-0.1, -0.05) is 0 Å². The van der Waals surface area contributed by atoms with Crippen molar-refractivity contribution in [2.75, 3.05) is 32.1 Å². The van der Waals surface area contributed by atoms with Gasteiger partial charge in [0.1, 0.15) is 17.9 Å². The molecule has 1 N–H and O–H groups in total. The third kappa shape index (κ3) is 2.42. The van der Waals surface area contributed by atoms with E-state index in [2.05, 4.69) is 0 Å². The molecule has 1 aromatic rings. The molecule has 2 rings (SSSR count). The van der Waals surface area contributed by atoms with Crippen LogP contribution in [0.3, 0.4) is 0 Å². The minimum absolute atomic E-state index is 0.0206. The van der Waals surface area contributed by atoms with E-state index < -0.39 is 5.97 Å². The fraction of sp³-hybridized carbons (Fsp3) is 0.308. The molecule has 20 heavy (non-hydrogen) atoms. The standard InChI is InChI=1S/C13H14N2O5/c1-14-6-12(17)15(7-11(14)16)8-3-4-10(20-2)9(5-8)13(18)19/h3-5H,6-7H2,1-2H3,(H,18,19). The molecular formula is C13H14N2O5. The van der Waals surface area contributed by atoms with Gasteiger partial charge in [0, 0.05) is 12.7 Å². The van der Waals surface area contributed by atoms with Gasteiger partial charge in [-0.2, -0.15) is 0 Å². The number of carbonyl (C=O) groups excluding carboxylic acids is 2. The van der Waals surface area contributed by atoms with Crippen LogP contribution in [0.25, 0.3) is 0 Å². The Kier molecular flexibility index (Phi) is 3.60. The zero-order valence-electron chi connectivity index (χ0n) is 11.1. The second-order valence-electron chi connectivity index (χ2n) is 4.42. The lowest BCUT2D eigenvalue weighted by molar-refractivity contribution is -0.136. The second kappa shape index (κ2) is 5.20. The van der Waals surface area contributed by atoms with Crippen molar-refractivity contribution < 1.29 is 24.2 Å². The maximum Gasteiger partial charge on any atom is 0.339 e. The molecule has 0 atom stereocenters. The molecule has 1 aromatic carbocycles. The van der Waals surface area contributed by atoms with E-state index in [4.69, 9.17) is 9.84 Å². The summed E-state index contributed by atoms with van der Waals surface area (Å²) in [4.78, 5) is 37.4. The van der Waals surface area contributed by atoms with Crippen LogP contribution in [0.2, 0.25) is 0 Å². The number of amides is 2. The number of aromatic carboxylic acids is 1. The minimum atomic E-state index is -1.16. The Morgan fingerprint density at radius 2 is 1.95 bits per heavy atom. The number of methoxy groups -OCH3 is 1. The number of hydrogen-bond acceptors (Lipinski definition) is 4. The highest BCUT2D eigenvalue weighted by molar-refractivity contribution is 6.05. The first-order valence-corrected chi connectivity index (χ1v) is 5.89. The first kappa shape index (κ1) is 13.9. The largest absolute Gasteiger partial charge is 0.496 e. The summed E-state index contributed by atoms with van der Waals surface area (Å²) in [6.07, 6.45) is 0. The summed E-state index contributed by atoms with van der Waals surface area (Å²) in [6.45, 7) is -0.117. The third-order valence-electron chi connectivity index (χ3n) is 3.12.